The van der Waals surface area contributed by atoms with Gasteiger partial charge in [-0.3, -0.25) is 4.79 Å². The van der Waals surface area contributed by atoms with Crippen molar-refractivity contribution in [3.8, 4) is 17.1 Å². The molecule has 0 fully saturated rings. The number of hydrogen-bond donors (Lipinski definition) is 1. The lowest BCUT2D eigenvalue weighted by molar-refractivity contribution is -0.115. The second-order valence-electron chi connectivity index (χ2n) is 5.68. The quantitative estimate of drug-likeness (QED) is 0.499. The molecule has 0 spiro atoms. The van der Waals surface area contributed by atoms with Gasteiger partial charge in [-0.15, -0.1) is 10.2 Å². The lowest BCUT2D eigenvalue weighted by Gasteiger charge is -2.12. The number of nitrogens with one attached hydrogen (secondary N) is 1. The number of methoxy groups -OCH3 is 1. The number of carbonyl (C=O) groups excluding carboxylic acids is 1. The number of halogens is 1. The lowest BCUT2D eigenvalue weighted by Crippen LogP contribution is -2.23. The van der Waals surface area contributed by atoms with Gasteiger partial charge in [0, 0.05) is 18.8 Å². The third-order valence-electron chi connectivity index (χ3n) is 3.85. The highest BCUT2D eigenvalue weighted by Crippen LogP contribution is 2.27. The van der Waals surface area contributed by atoms with Crippen LogP contribution in [0.5, 0.6) is 5.75 Å². The van der Waals surface area contributed by atoms with Crippen LogP contribution >= 0.6 is 23.4 Å². The van der Waals surface area contributed by atoms with E-state index in [0.717, 1.165) is 11.3 Å². The number of benzene rings is 1. The minimum Gasteiger partial charge on any atom is -0.497 e. The minimum atomic E-state index is -0.395. The molecule has 3 rings (SSSR count). The summed E-state index contributed by atoms with van der Waals surface area (Å²) in [6.45, 7) is 1.80. The molecule has 0 aliphatic carbocycles. The predicted molar refractivity (Wildman–Crippen MR) is 106 cm³/mol. The number of rotatable bonds is 6. The van der Waals surface area contributed by atoms with E-state index in [1.807, 2.05) is 35.9 Å². The van der Waals surface area contributed by atoms with Crippen molar-refractivity contribution in [2.24, 2.45) is 7.05 Å². The van der Waals surface area contributed by atoms with Gasteiger partial charge in [0.15, 0.2) is 16.1 Å². The van der Waals surface area contributed by atoms with E-state index in [0.29, 0.717) is 16.7 Å². The maximum absolute atomic E-state index is 12.4. The van der Waals surface area contributed by atoms with Gasteiger partial charge in [0.05, 0.1) is 18.0 Å². The van der Waals surface area contributed by atoms with E-state index < -0.39 is 5.25 Å². The van der Waals surface area contributed by atoms with Gasteiger partial charge >= 0.3 is 0 Å². The highest BCUT2D eigenvalue weighted by atomic mass is 35.5. The number of aromatic nitrogens is 4. The first-order valence-electron chi connectivity index (χ1n) is 8.11. The van der Waals surface area contributed by atoms with E-state index in [-0.39, 0.29) is 11.1 Å². The molecule has 0 saturated carbocycles. The highest BCUT2D eigenvalue weighted by Gasteiger charge is 2.20. The van der Waals surface area contributed by atoms with Gasteiger partial charge in [-0.25, -0.2) is 4.98 Å². The standard InChI is InChI=1S/C18H18ClN5O2S/c1-11(17(25)21-14-5-4-10-20-15(14)19)27-18-23-22-16(24(18)2)12-6-8-13(26-3)9-7-12/h4-11H,1-3H3,(H,21,25)/t11-/m1/s1. The second-order valence-corrected chi connectivity index (χ2v) is 7.35. The maximum Gasteiger partial charge on any atom is 0.237 e. The Kier molecular flexibility index (Phi) is 5.98. The van der Waals surface area contributed by atoms with Gasteiger partial charge in [0.1, 0.15) is 5.75 Å². The predicted octanol–water partition coefficient (Wildman–Crippen LogP) is 3.66. The number of ether oxygens (including phenoxy) is 1. The minimum absolute atomic E-state index is 0.191. The normalized spacial score (nSPS) is 11.9. The Morgan fingerprint density at radius 3 is 2.67 bits per heavy atom. The molecule has 7 nitrogen and oxygen atoms in total. The molecule has 27 heavy (non-hydrogen) atoms. The molecule has 0 saturated heterocycles. The van der Waals surface area contributed by atoms with Crippen molar-refractivity contribution in [2.45, 2.75) is 17.3 Å². The molecule has 2 aromatic heterocycles. The summed E-state index contributed by atoms with van der Waals surface area (Å²) in [7, 11) is 3.49. The summed E-state index contributed by atoms with van der Waals surface area (Å²) in [5.41, 5.74) is 1.39. The fourth-order valence-corrected chi connectivity index (χ4v) is 3.32. The monoisotopic (exact) mass is 403 g/mol. The molecule has 1 atom stereocenters. The van der Waals surface area contributed by atoms with Crippen molar-refractivity contribution >= 4 is 35.0 Å². The SMILES string of the molecule is COc1ccc(-c2nnc(S[C@H](C)C(=O)Nc3cccnc3Cl)n2C)cc1. The van der Waals surface area contributed by atoms with Crippen LogP contribution in [-0.2, 0) is 11.8 Å². The molecule has 2 heterocycles. The molecule has 9 heteroatoms. The van der Waals surface area contributed by atoms with E-state index in [4.69, 9.17) is 16.3 Å². The molecular weight excluding hydrogens is 386 g/mol. The topological polar surface area (TPSA) is 81.9 Å². The van der Waals surface area contributed by atoms with Crippen LogP contribution in [0.25, 0.3) is 11.4 Å². The molecule has 1 N–H and O–H groups in total. The summed E-state index contributed by atoms with van der Waals surface area (Å²) in [6.07, 6.45) is 1.57. The average molecular weight is 404 g/mol. The zero-order valence-electron chi connectivity index (χ0n) is 15.0. The molecule has 0 bridgehead atoms. The number of carbonyl (C=O) groups is 1. The molecule has 1 aromatic carbocycles. The van der Waals surface area contributed by atoms with Crippen LogP contribution in [0.1, 0.15) is 6.92 Å². The van der Waals surface area contributed by atoms with Crippen molar-refractivity contribution < 1.29 is 9.53 Å². The van der Waals surface area contributed by atoms with Gasteiger partial charge in [0.25, 0.3) is 0 Å². The fourth-order valence-electron chi connectivity index (χ4n) is 2.33. The summed E-state index contributed by atoms with van der Waals surface area (Å²) in [5.74, 6) is 1.29. The molecule has 3 aromatic rings. The first-order valence-corrected chi connectivity index (χ1v) is 9.37. The number of hydrogen-bond acceptors (Lipinski definition) is 6. The van der Waals surface area contributed by atoms with Gasteiger partial charge < -0.3 is 14.6 Å². The van der Waals surface area contributed by atoms with Crippen LogP contribution in [-0.4, -0.2) is 38.0 Å². The van der Waals surface area contributed by atoms with E-state index in [9.17, 15) is 4.79 Å². The lowest BCUT2D eigenvalue weighted by atomic mass is 10.2. The van der Waals surface area contributed by atoms with Crippen LogP contribution in [0.3, 0.4) is 0 Å². The molecule has 0 aliphatic rings. The number of nitrogens with zero attached hydrogens (tertiary/aromatic N) is 4. The third kappa shape index (κ3) is 4.40. The maximum atomic E-state index is 12.4. The Hall–Kier alpha value is -2.58. The molecule has 0 aliphatic heterocycles. The van der Waals surface area contributed by atoms with E-state index >= 15 is 0 Å². The van der Waals surface area contributed by atoms with Crippen LogP contribution in [0.2, 0.25) is 5.15 Å². The average Bonchev–Trinajstić information content (AvgIpc) is 3.04. The largest absolute Gasteiger partial charge is 0.497 e. The van der Waals surface area contributed by atoms with Crippen LogP contribution in [0.4, 0.5) is 5.69 Å². The summed E-state index contributed by atoms with van der Waals surface area (Å²) < 4.78 is 7.03. The van der Waals surface area contributed by atoms with Gasteiger partial charge in [0.2, 0.25) is 5.91 Å². The van der Waals surface area contributed by atoms with Crippen molar-refractivity contribution in [3.63, 3.8) is 0 Å². The Labute approximate surface area is 166 Å². The first-order chi connectivity index (χ1) is 13.0. The van der Waals surface area contributed by atoms with E-state index in [1.54, 1.807) is 32.4 Å². The van der Waals surface area contributed by atoms with E-state index in [2.05, 4.69) is 20.5 Å². The summed E-state index contributed by atoms with van der Waals surface area (Å²) in [6, 6.07) is 11.0. The van der Waals surface area contributed by atoms with Gasteiger partial charge in [-0.1, -0.05) is 23.4 Å². The molecule has 1 amide bonds. The molecular formula is C18H18ClN5O2S. The Bertz CT molecular complexity index is 945. The Morgan fingerprint density at radius 2 is 2.00 bits per heavy atom. The zero-order chi connectivity index (χ0) is 19.4. The van der Waals surface area contributed by atoms with Gasteiger partial charge in [-0.2, -0.15) is 0 Å². The van der Waals surface area contributed by atoms with Crippen molar-refractivity contribution in [1.82, 2.24) is 19.7 Å². The fraction of sp³-hybridized carbons (Fsp3) is 0.222. The van der Waals surface area contributed by atoms with Crippen molar-refractivity contribution in [2.75, 3.05) is 12.4 Å². The van der Waals surface area contributed by atoms with Crippen LogP contribution < -0.4 is 10.1 Å². The molecule has 0 unspecified atom stereocenters. The summed E-state index contributed by atoms with van der Waals surface area (Å²) >= 11 is 7.30. The van der Waals surface area contributed by atoms with Gasteiger partial charge in [-0.05, 0) is 43.3 Å². The van der Waals surface area contributed by atoms with Crippen molar-refractivity contribution in [3.05, 3.63) is 47.7 Å². The smallest absolute Gasteiger partial charge is 0.237 e. The zero-order valence-corrected chi connectivity index (χ0v) is 16.6. The summed E-state index contributed by atoms with van der Waals surface area (Å²) in [4.78, 5) is 16.4. The number of thioether (sulfide) groups is 1. The van der Waals surface area contributed by atoms with E-state index in [1.165, 1.54) is 11.8 Å². The van der Waals surface area contributed by atoms with Crippen LogP contribution in [0, 0.1) is 0 Å². The number of amides is 1. The van der Waals surface area contributed by atoms with Crippen molar-refractivity contribution in [1.29, 1.82) is 0 Å². The second kappa shape index (κ2) is 8.41. The highest BCUT2D eigenvalue weighted by molar-refractivity contribution is 8.00. The molecule has 140 valence electrons. The Balaban J connectivity index is 1.71. The first kappa shape index (κ1) is 19.2. The van der Waals surface area contributed by atoms with Crippen LogP contribution in [0.15, 0.2) is 47.8 Å². The Morgan fingerprint density at radius 1 is 1.26 bits per heavy atom. The number of pyridine rings is 1. The summed E-state index contributed by atoms with van der Waals surface area (Å²) in [5, 5.41) is 11.7. The molecule has 0 radical (unpaired) electrons. The third-order valence-corrected chi connectivity index (χ3v) is 5.29. The number of anilines is 1.